The number of alkyl halides is 3. The molecule has 0 aliphatic heterocycles. The van der Waals surface area contributed by atoms with E-state index < -0.39 is 24.2 Å². The lowest BCUT2D eigenvalue weighted by atomic mass is 9.99. The van der Waals surface area contributed by atoms with Gasteiger partial charge >= 0.3 is 12.2 Å². The first-order valence-electron chi connectivity index (χ1n) is 5.28. The zero-order chi connectivity index (χ0) is 13.5. The molecule has 0 aromatic carbocycles. The minimum atomic E-state index is -4.44. The molecule has 98 valence electrons. The Morgan fingerprint density at radius 2 is 2.12 bits per heavy atom. The molecule has 0 radical (unpaired) electrons. The number of halogens is 3. The molecule has 0 fully saturated rings. The Hall–Kier alpha value is -1.42. The Morgan fingerprint density at radius 1 is 1.53 bits per heavy atom. The van der Waals surface area contributed by atoms with Gasteiger partial charge in [-0.3, -0.25) is 0 Å². The van der Waals surface area contributed by atoms with Gasteiger partial charge in [-0.05, 0) is 12.0 Å². The number of urea groups is 1. The second-order valence-electron chi connectivity index (χ2n) is 3.67. The molecule has 0 aromatic rings. The van der Waals surface area contributed by atoms with Gasteiger partial charge in [0.2, 0.25) is 0 Å². The third-order valence-corrected chi connectivity index (χ3v) is 2.36. The normalized spacial score (nSPS) is 14.4. The van der Waals surface area contributed by atoms with Crippen LogP contribution in [0, 0.1) is 5.92 Å². The Labute approximate surface area is 98.8 Å². The fraction of sp³-hybridized carbons (Fsp3) is 0.636. The average molecular weight is 250 g/mol. The van der Waals surface area contributed by atoms with Crippen molar-refractivity contribution in [2.24, 2.45) is 5.92 Å². The molecule has 0 rings (SSSR count). The van der Waals surface area contributed by atoms with Crippen LogP contribution in [0.25, 0.3) is 0 Å². The Kier molecular flexibility index (Phi) is 6.43. The van der Waals surface area contributed by atoms with Gasteiger partial charge in [0.05, 0.1) is 0 Å². The van der Waals surface area contributed by atoms with Crippen LogP contribution < -0.4 is 10.6 Å². The van der Waals surface area contributed by atoms with Crippen molar-refractivity contribution in [2.45, 2.75) is 32.5 Å². The van der Waals surface area contributed by atoms with Gasteiger partial charge in [0, 0.05) is 6.54 Å². The van der Waals surface area contributed by atoms with Crippen molar-refractivity contribution in [3.05, 3.63) is 18.4 Å². The Balaban J connectivity index is 4.44. The van der Waals surface area contributed by atoms with Gasteiger partial charge in [0.15, 0.2) is 0 Å². The van der Waals surface area contributed by atoms with Crippen molar-refractivity contribution in [1.29, 1.82) is 0 Å². The van der Waals surface area contributed by atoms with Gasteiger partial charge in [-0.2, -0.15) is 13.2 Å². The average Bonchev–Trinajstić information content (AvgIpc) is 2.23. The zero-order valence-electron chi connectivity index (χ0n) is 9.90. The summed E-state index contributed by atoms with van der Waals surface area (Å²) in [7, 11) is 0. The quantitative estimate of drug-likeness (QED) is 0.723. The SMILES string of the molecule is C=C=CCNC(=O)NC(C(C)CC)C(F)(F)F. The highest BCUT2D eigenvalue weighted by Crippen LogP contribution is 2.27. The van der Waals surface area contributed by atoms with Gasteiger partial charge in [-0.25, -0.2) is 4.79 Å². The molecule has 0 spiro atoms. The van der Waals surface area contributed by atoms with Gasteiger partial charge in [0.1, 0.15) is 6.04 Å². The van der Waals surface area contributed by atoms with E-state index in [1.807, 2.05) is 5.32 Å². The summed E-state index contributed by atoms with van der Waals surface area (Å²) >= 11 is 0. The fourth-order valence-electron chi connectivity index (χ4n) is 1.19. The van der Waals surface area contributed by atoms with Gasteiger partial charge in [0.25, 0.3) is 0 Å². The molecule has 0 aromatic heterocycles. The van der Waals surface area contributed by atoms with E-state index in [1.165, 1.54) is 13.0 Å². The number of nitrogens with one attached hydrogen (secondary N) is 2. The largest absolute Gasteiger partial charge is 0.408 e. The monoisotopic (exact) mass is 250 g/mol. The number of carbonyl (C=O) groups excluding carboxylic acids is 1. The zero-order valence-corrected chi connectivity index (χ0v) is 9.90. The van der Waals surface area contributed by atoms with Crippen molar-refractivity contribution < 1.29 is 18.0 Å². The predicted molar refractivity (Wildman–Crippen MR) is 59.5 cm³/mol. The lowest BCUT2D eigenvalue weighted by Crippen LogP contribution is -2.52. The summed E-state index contributed by atoms with van der Waals surface area (Å²) in [6.07, 6.45) is -2.70. The highest BCUT2D eigenvalue weighted by atomic mass is 19.4. The highest BCUT2D eigenvalue weighted by Gasteiger charge is 2.43. The van der Waals surface area contributed by atoms with Gasteiger partial charge in [-0.15, -0.1) is 5.73 Å². The van der Waals surface area contributed by atoms with Gasteiger partial charge in [-0.1, -0.05) is 26.8 Å². The third kappa shape index (κ3) is 6.02. The van der Waals surface area contributed by atoms with Crippen LogP contribution >= 0.6 is 0 Å². The van der Waals surface area contributed by atoms with E-state index in [0.717, 1.165) is 0 Å². The van der Waals surface area contributed by atoms with E-state index in [-0.39, 0.29) is 6.54 Å². The van der Waals surface area contributed by atoms with Crippen LogP contribution in [0.15, 0.2) is 18.4 Å². The Bertz CT molecular complexity index is 296. The number of carbonyl (C=O) groups is 1. The molecule has 3 nitrogen and oxygen atoms in total. The number of amides is 2. The molecule has 2 unspecified atom stereocenters. The second-order valence-corrected chi connectivity index (χ2v) is 3.67. The standard InChI is InChI=1S/C11H17F3N2O/c1-4-6-7-15-10(17)16-9(8(3)5-2)11(12,13)14/h6,8-9H,1,5,7H2,2-3H3,(H2,15,16,17). The van der Waals surface area contributed by atoms with Crippen molar-refractivity contribution >= 4 is 6.03 Å². The van der Waals surface area contributed by atoms with Crippen molar-refractivity contribution in [2.75, 3.05) is 6.54 Å². The maximum Gasteiger partial charge on any atom is 0.408 e. The third-order valence-electron chi connectivity index (χ3n) is 2.36. The molecule has 0 aliphatic rings. The van der Waals surface area contributed by atoms with Gasteiger partial charge < -0.3 is 10.6 Å². The molecule has 2 atom stereocenters. The molecular weight excluding hydrogens is 233 g/mol. The number of rotatable bonds is 5. The Morgan fingerprint density at radius 3 is 2.53 bits per heavy atom. The first-order valence-corrected chi connectivity index (χ1v) is 5.28. The molecule has 17 heavy (non-hydrogen) atoms. The number of hydrogen-bond acceptors (Lipinski definition) is 1. The summed E-state index contributed by atoms with van der Waals surface area (Å²) in [4.78, 5) is 11.2. The molecule has 2 N–H and O–H groups in total. The van der Waals surface area contributed by atoms with Crippen LogP contribution in [0.2, 0.25) is 0 Å². The molecular formula is C11H17F3N2O. The molecule has 2 amide bonds. The predicted octanol–water partition coefficient (Wildman–Crippen LogP) is 2.60. The molecule has 0 bridgehead atoms. The summed E-state index contributed by atoms with van der Waals surface area (Å²) in [5.41, 5.74) is 2.40. The van der Waals surface area contributed by atoms with Crippen LogP contribution in [0.5, 0.6) is 0 Å². The van der Waals surface area contributed by atoms with Crippen molar-refractivity contribution in [3.8, 4) is 0 Å². The maximum absolute atomic E-state index is 12.6. The maximum atomic E-state index is 12.6. The van der Waals surface area contributed by atoms with E-state index in [9.17, 15) is 18.0 Å². The second kappa shape index (κ2) is 7.01. The van der Waals surface area contributed by atoms with Crippen LogP contribution in [0.4, 0.5) is 18.0 Å². The summed E-state index contributed by atoms with van der Waals surface area (Å²) in [6.45, 7) is 6.45. The highest BCUT2D eigenvalue weighted by molar-refractivity contribution is 5.74. The lowest BCUT2D eigenvalue weighted by molar-refractivity contribution is -0.163. The summed E-state index contributed by atoms with van der Waals surface area (Å²) in [5, 5.41) is 4.18. The molecule has 0 aliphatic carbocycles. The van der Waals surface area contributed by atoms with Crippen LogP contribution in [-0.4, -0.2) is 24.8 Å². The van der Waals surface area contributed by atoms with Crippen LogP contribution in [-0.2, 0) is 0 Å². The first-order chi connectivity index (χ1) is 7.82. The van der Waals surface area contributed by atoms with E-state index in [2.05, 4.69) is 17.6 Å². The molecule has 0 saturated carbocycles. The smallest absolute Gasteiger partial charge is 0.334 e. The van der Waals surface area contributed by atoms with E-state index in [0.29, 0.717) is 6.42 Å². The minimum absolute atomic E-state index is 0.0976. The van der Waals surface area contributed by atoms with Crippen LogP contribution in [0.3, 0.4) is 0 Å². The molecule has 0 saturated heterocycles. The van der Waals surface area contributed by atoms with E-state index >= 15 is 0 Å². The topological polar surface area (TPSA) is 41.1 Å². The molecule has 6 heteroatoms. The first kappa shape index (κ1) is 15.6. The van der Waals surface area contributed by atoms with Crippen molar-refractivity contribution in [1.82, 2.24) is 10.6 Å². The summed E-state index contributed by atoms with van der Waals surface area (Å²) in [5.74, 6) is -0.671. The fourth-order valence-corrected chi connectivity index (χ4v) is 1.19. The summed E-state index contributed by atoms with van der Waals surface area (Å²) < 4.78 is 37.9. The van der Waals surface area contributed by atoms with Crippen molar-refractivity contribution in [3.63, 3.8) is 0 Å². The van der Waals surface area contributed by atoms with Crippen LogP contribution in [0.1, 0.15) is 20.3 Å². The van der Waals surface area contributed by atoms with E-state index in [1.54, 1.807) is 6.92 Å². The molecule has 0 heterocycles. The van der Waals surface area contributed by atoms with E-state index in [4.69, 9.17) is 0 Å². The lowest BCUT2D eigenvalue weighted by Gasteiger charge is -2.26. The minimum Gasteiger partial charge on any atom is -0.334 e. The number of hydrogen-bond donors (Lipinski definition) is 2. The summed E-state index contributed by atoms with van der Waals surface area (Å²) in [6, 6.07) is -2.68.